The average Bonchev–Trinajstić information content (AvgIpc) is 2.41. The molecule has 1 heterocycles. The Morgan fingerprint density at radius 1 is 1.60 bits per heavy atom. The molecule has 0 aromatic carbocycles. The summed E-state index contributed by atoms with van der Waals surface area (Å²) in [7, 11) is 0. The number of fused-ring (bicyclic) bond motifs is 1. The number of nitriles is 1. The van der Waals surface area contributed by atoms with Gasteiger partial charge in [0.05, 0.1) is 12.2 Å². The highest BCUT2D eigenvalue weighted by atomic mass is 79.9. The summed E-state index contributed by atoms with van der Waals surface area (Å²) in [6, 6.07) is 2.20. The van der Waals surface area contributed by atoms with Crippen LogP contribution in [0.3, 0.4) is 0 Å². The molecule has 1 aliphatic heterocycles. The fraction of sp³-hybridized carbons (Fsp3) is 0.727. The first-order valence-electron chi connectivity index (χ1n) is 5.11. The molecule has 0 saturated carbocycles. The predicted octanol–water partition coefficient (Wildman–Crippen LogP) is 2.72. The van der Waals surface area contributed by atoms with E-state index in [-0.39, 0.29) is 18.1 Å². The molecule has 1 saturated heterocycles. The minimum Gasteiger partial charge on any atom is -0.344 e. The van der Waals surface area contributed by atoms with Gasteiger partial charge in [0.2, 0.25) is 0 Å². The zero-order valence-electron chi connectivity index (χ0n) is 8.87. The molecule has 0 aromatic rings. The van der Waals surface area contributed by atoms with Gasteiger partial charge in [-0.15, -0.1) is 0 Å². The Bertz CT molecular complexity index is 332. The van der Waals surface area contributed by atoms with E-state index in [0.717, 1.165) is 10.9 Å². The third kappa shape index (κ3) is 2.25. The maximum absolute atomic E-state index is 8.68. The van der Waals surface area contributed by atoms with Crippen LogP contribution in [0.2, 0.25) is 0 Å². The summed E-state index contributed by atoms with van der Waals surface area (Å²) in [5.74, 6) is -0.230. The Balaban J connectivity index is 2.14. The molecular formula is C11H14BrNO2. The molecule has 15 heavy (non-hydrogen) atoms. The minimum atomic E-state index is -0.510. The van der Waals surface area contributed by atoms with E-state index < -0.39 is 5.79 Å². The first-order valence-corrected chi connectivity index (χ1v) is 5.91. The maximum Gasteiger partial charge on any atom is 0.164 e. The van der Waals surface area contributed by atoms with Gasteiger partial charge in [-0.2, -0.15) is 5.26 Å². The standard InChI is InChI=1S/C11H14BrNO2/c1-11(2)14-9-6-7(3-4-13)5-8(12)10(9)15-11/h5,7,9-10H,3,6H2,1-2H3/t7-,9-,10+/m0/s1. The molecule has 0 aromatic heterocycles. The van der Waals surface area contributed by atoms with E-state index in [1.807, 2.05) is 13.8 Å². The summed E-state index contributed by atoms with van der Waals surface area (Å²) in [6.07, 6.45) is 3.58. The van der Waals surface area contributed by atoms with Gasteiger partial charge in [0.1, 0.15) is 6.10 Å². The van der Waals surface area contributed by atoms with Crippen LogP contribution >= 0.6 is 15.9 Å². The van der Waals surface area contributed by atoms with E-state index in [0.29, 0.717) is 6.42 Å². The Hall–Kier alpha value is -0.370. The van der Waals surface area contributed by atoms with E-state index in [2.05, 4.69) is 28.1 Å². The van der Waals surface area contributed by atoms with Crippen molar-refractivity contribution in [3.63, 3.8) is 0 Å². The molecule has 1 fully saturated rings. The smallest absolute Gasteiger partial charge is 0.164 e. The molecule has 0 radical (unpaired) electrons. The Kier molecular flexibility index (Phi) is 2.89. The fourth-order valence-corrected chi connectivity index (χ4v) is 2.95. The monoisotopic (exact) mass is 271 g/mol. The zero-order valence-corrected chi connectivity index (χ0v) is 10.5. The van der Waals surface area contributed by atoms with Gasteiger partial charge >= 0.3 is 0 Å². The zero-order chi connectivity index (χ0) is 11.1. The van der Waals surface area contributed by atoms with Gasteiger partial charge in [-0.05, 0) is 26.2 Å². The largest absolute Gasteiger partial charge is 0.344 e. The molecule has 4 heteroatoms. The Morgan fingerprint density at radius 3 is 3.00 bits per heavy atom. The van der Waals surface area contributed by atoms with Crippen LogP contribution in [-0.2, 0) is 9.47 Å². The molecular weight excluding hydrogens is 258 g/mol. The highest BCUT2D eigenvalue weighted by Crippen LogP contribution is 2.41. The predicted molar refractivity (Wildman–Crippen MR) is 59.2 cm³/mol. The van der Waals surface area contributed by atoms with E-state index in [1.165, 1.54) is 0 Å². The molecule has 0 unspecified atom stereocenters. The average molecular weight is 272 g/mol. The van der Waals surface area contributed by atoms with Crippen molar-refractivity contribution in [2.75, 3.05) is 0 Å². The Morgan fingerprint density at radius 2 is 2.33 bits per heavy atom. The lowest BCUT2D eigenvalue weighted by molar-refractivity contribution is -0.143. The third-order valence-corrected chi connectivity index (χ3v) is 3.45. The summed E-state index contributed by atoms with van der Waals surface area (Å²) >= 11 is 3.50. The molecule has 2 rings (SSSR count). The number of hydrogen-bond acceptors (Lipinski definition) is 3. The summed E-state index contributed by atoms with van der Waals surface area (Å²) in [4.78, 5) is 0. The molecule has 82 valence electrons. The summed E-state index contributed by atoms with van der Waals surface area (Å²) in [6.45, 7) is 3.84. The highest BCUT2D eigenvalue weighted by Gasteiger charge is 2.45. The topological polar surface area (TPSA) is 42.2 Å². The number of rotatable bonds is 1. The first-order chi connectivity index (χ1) is 7.02. The number of halogens is 1. The number of hydrogen-bond donors (Lipinski definition) is 0. The lowest BCUT2D eigenvalue weighted by Crippen LogP contribution is -2.29. The summed E-state index contributed by atoms with van der Waals surface area (Å²) < 4.78 is 12.6. The van der Waals surface area contributed by atoms with Gasteiger partial charge in [-0.25, -0.2) is 0 Å². The van der Waals surface area contributed by atoms with Crippen molar-refractivity contribution in [1.82, 2.24) is 0 Å². The first kappa shape index (κ1) is 11.1. The number of allylic oxidation sites excluding steroid dienone is 1. The minimum absolute atomic E-state index is 0.00921. The van der Waals surface area contributed by atoms with Crippen molar-refractivity contribution >= 4 is 15.9 Å². The second-order valence-corrected chi connectivity index (χ2v) is 5.42. The normalized spacial score (nSPS) is 38.0. The molecule has 3 atom stereocenters. The van der Waals surface area contributed by atoms with E-state index in [4.69, 9.17) is 14.7 Å². The van der Waals surface area contributed by atoms with Crippen molar-refractivity contribution in [2.45, 2.75) is 44.7 Å². The van der Waals surface area contributed by atoms with Crippen LogP contribution in [0.25, 0.3) is 0 Å². The van der Waals surface area contributed by atoms with Crippen molar-refractivity contribution in [3.8, 4) is 6.07 Å². The maximum atomic E-state index is 8.68. The van der Waals surface area contributed by atoms with E-state index in [9.17, 15) is 0 Å². The van der Waals surface area contributed by atoms with Crippen molar-refractivity contribution in [1.29, 1.82) is 5.26 Å². The number of nitrogens with zero attached hydrogens (tertiary/aromatic N) is 1. The van der Waals surface area contributed by atoms with Gasteiger partial charge in [-0.3, -0.25) is 0 Å². The van der Waals surface area contributed by atoms with Crippen molar-refractivity contribution in [2.24, 2.45) is 5.92 Å². The van der Waals surface area contributed by atoms with Gasteiger partial charge in [-0.1, -0.05) is 22.0 Å². The van der Waals surface area contributed by atoms with Gasteiger partial charge in [0.15, 0.2) is 5.79 Å². The SMILES string of the molecule is CC1(C)O[C@H]2C[C@@H](CC#N)C=C(Br)[C@H]2O1. The van der Waals surface area contributed by atoms with E-state index >= 15 is 0 Å². The lowest BCUT2D eigenvalue weighted by atomic mass is 9.90. The molecule has 0 spiro atoms. The number of ether oxygens (including phenoxy) is 2. The Labute approximate surface area is 98.2 Å². The molecule has 0 N–H and O–H groups in total. The second kappa shape index (κ2) is 3.89. The second-order valence-electron chi connectivity index (χ2n) is 4.50. The summed E-state index contributed by atoms with van der Waals surface area (Å²) in [5, 5.41) is 8.68. The van der Waals surface area contributed by atoms with Crippen LogP contribution in [0.1, 0.15) is 26.7 Å². The van der Waals surface area contributed by atoms with Crippen LogP contribution in [0.5, 0.6) is 0 Å². The van der Waals surface area contributed by atoms with Crippen LogP contribution in [0, 0.1) is 17.2 Å². The highest BCUT2D eigenvalue weighted by molar-refractivity contribution is 9.11. The summed E-state index contributed by atoms with van der Waals surface area (Å²) in [5.41, 5.74) is 0. The van der Waals surface area contributed by atoms with Crippen LogP contribution in [0.4, 0.5) is 0 Å². The molecule has 1 aliphatic carbocycles. The lowest BCUT2D eigenvalue weighted by Gasteiger charge is -2.25. The molecule has 0 bridgehead atoms. The van der Waals surface area contributed by atoms with Gasteiger partial charge in [0.25, 0.3) is 0 Å². The van der Waals surface area contributed by atoms with E-state index in [1.54, 1.807) is 0 Å². The molecule has 2 aliphatic rings. The fourth-order valence-electron chi connectivity index (χ4n) is 2.19. The van der Waals surface area contributed by atoms with Crippen LogP contribution in [-0.4, -0.2) is 18.0 Å². The van der Waals surface area contributed by atoms with Gasteiger partial charge in [0, 0.05) is 10.9 Å². The van der Waals surface area contributed by atoms with Crippen molar-refractivity contribution in [3.05, 3.63) is 10.6 Å². The van der Waals surface area contributed by atoms with Crippen LogP contribution < -0.4 is 0 Å². The molecule has 0 amide bonds. The third-order valence-electron chi connectivity index (χ3n) is 2.74. The quantitative estimate of drug-likeness (QED) is 0.737. The van der Waals surface area contributed by atoms with Crippen LogP contribution in [0.15, 0.2) is 10.6 Å². The van der Waals surface area contributed by atoms with Gasteiger partial charge < -0.3 is 9.47 Å². The van der Waals surface area contributed by atoms with Crippen molar-refractivity contribution < 1.29 is 9.47 Å². The molecule has 3 nitrogen and oxygen atoms in total.